The lowest BCUT2D eigenvalue weighted by atomic mass is 9.96. The Morgan fingerprint density at radius 3 is 2.70 bits per heavy atom. The fourth-order valence-electron chi connectivity index (χ4n) is 2.23. The maximum atomic E-state index is 13.7. The van der Waals surface area contributed by atoms with E-state index >= 15 is 0 Å². The van der Waals surface area contributed by atoms with Crippen molar-refractivity contribution in [1.29, 1.82) is 0 Å². The SMILES string of the molecule is COc1ccc(CC(N)c2cccc(Br)c2C)cc1F. The molecule has 4 heteroatoms. The number of benzene rings is 2. The van der Waals surface area contributed by atoms with Crippen molar-refractivity contribution >= 4 is 15.9 Å². The summed E-state index contributed by atoms with van der Waals surface area (Å²) in [6.45, 7) is 2.02. The van der Waals surface area contributed by atoms with Gasteiger partial charge in [-0.2, -0.15) is 0 Å². The van der Waals surface area contributed by atoms with Gasteiger partial charge in [-0.15, -0.1) is 0 Å². The molecule has 0 aliphatic carbocycles. The second-order valence-corrected chi connectivity index (χ2v) is 5.59. The monoisotopic (exact) mass is 337 g/mol. The first-order valence-electron chi connectivity index (χ1n) is 6.36. The Labute approximate surface area is 126 Å². The second kappa shape index (κ2) is 6.37. The van der Waals surface area contributed by atoms with Gasteiger partial charge in [0.15, 0.2) is 11.6 Å². The molecule has 0 amide bonds. The zero-order valence-electron chi connectivity index (χ0n) is 11.5. The first-order chi connectivity index (χ1) is 9.52. The predicted molar refractivity (Wildman–Crippen MR) is 82.5 cm³/mol. The van der Waals surface area contributed by atoms with E-state index in [2.05, 4.69) is 15.9 Å². The van der Waals surface area contributed by atoms with Crippen LogP contribution in [0.15, 0.2) is 40.9 Å². The summed E-state index contributed by atoms with van der Waals surface area (Å²) in [7, 11) is 1.45. The Balaban J connectivity index is 2.21. The molecule has 2 aromatic carbocycles. The maximum Gasteiger partial charge on any atom is 0.165 e. The topological polar surface area (TPSA) is 35.2 Å². The summed E-state index contributed by atoms with van der Waals surface area (Å²) < 4.78 is 19.6. The van der Waals surface area contributed by atoms with E-state index in [0.29, 0.717) is 6.42 Å². The van der Waals surface area contributed by atoms with Crippen molar-refractivity contribution in [2.75, 3.05) is 7.11 Å². The summed E-state index contributed by atoms with van der Waals surface area (Å²) in [5.41, 5.74) is 9.28. The number of hydrogen-bond acceptors (Lipinski definition) is 2. The standard InChI is InChI=1S/C16H17BrFNO/c1-10-12(4-3-5-13(10)17)15(19)9-11-6-7-16(20-2)14(18)8-11/h3-8,15H,9,19H2,1-2H3. The average molecular weight is 338 g/mol. The summed E-state index contributed by atoms with van der Waals surface area (Å²) in [6.07, 6.45) is 0.582. The predicted octanol–water partition coefficient (Wildman–Crippen LogP) is 4.15. The lowest BCUT2D eigenvalue weighted by molar-refractivity contribution is 0.386. The Morgan fingerprint density at radius 2 is 2.05 bits per heavy atom. The van der Waals surface area contributed by atoms with Crippen LogP contribution < -0.4 is 10.5 Å². The van der Waals surface area contributed by atoms with E-state index in [0.717, 1.165) is 21.2 Å². The highest BCUT2D eigenvalue weighted by Crippen LogP contribution is 2.26. The van der Waals surface area contributed by atoms with Gasteiger partial charge in [0.1, 0.15) is 0 Å². The van der Waals surface area contributed by atoms with Crippen LogP contribution >= 0.6 is 15.9 Å². The smallest absolute Gasteiger partial charge is 0.165 e. The zero-order chi connectivity index (χ0) is 14.7. The average Bonchev–Trinajstić information content (AvgIpc) is 2.42. The zero-order valence-corrected chi connectivity index (χ0v) is 13.1. The van der Waals surface area contributed by atoms with Gasteiger partial charge in [0.2, 0.25) is 0 Å². The van der Waals surface area contributed by atoms with Gasteiger partial charge in [-0.05, 0) is 48.2 Å². The number of ether oxygens (including phenoxy) is 1. The van der Waals surface area contributed by atoms with Gasteiger partial charge >= 0.3 is 0 Å². The number of nitrogens with two attached hydrogens (primary N) is 1. The molecule has 0 aromatic heterocycles. The fraction of sp³-hybridized carbons (Fsp3) is 0.250. The van der Waals surface area contributed by atoms with Gasteiger partial charge in [0, 0.05) is 10.5 Å². The molecule has 1 atom stereocenters. The Hall–Kier alpha value is -1.39. The van der Waals surface area contributed by atoms with Crippen molar-refractivity contribution in [3.63, 3.8) is 0 Å². The largest absolute Gasteiger partial charge is 0.494 e. The molecule has 0 fully saturated rings. The van der Waals surface area contributed by atoms with Crippen molar-refractivity contribution in [3.05, 3.63) is 63.4 Å². The van der Waals surface area contributed by atoms with E-state index in [4.69, 9.17) is 10.5 Å². The third-order valence-electron chi connectivity index (χ3n) is 3.38. The van der Waals surface area contributed by atoms with Crippen LogP contribution in [0.1, 0.15) is 22.7 Å². The molecule has 0 spiro atoms. The summed E-state index contributed by atoms with van der Waals surface area (Å²) in [5.74, 6) is -0.107. The van der Waals surface area contributed by atoms with E-state index in [1.165, 1.54) is 13.2 Å². The van der Waals surface area contributed by atoms with E-state index in [-0.39, 0.29) is 17.6 Å². The first kappa shape index (κ1) is 15.0. The maximum absolute atomic E-state index is 13.7. The van der Waals surface area contributed by atoms with Crippen LogP contribution in [0, 0.1) is 12.7 Å². The number of hydrogen-bond donors (Lipinski definition) is 1. The molecule has 0 radical (unpaired) electrons. The molecule has 0 aliphatic heterocycles. The third-order valence-corrected chi connectivity index (χ3v) is 4.24. The molecule has 2 nitrogen and oxygen atoms in total. The molecular weight excluding hydrogens is 321 g/mol. The number of halogens is 2. The summed E-state index contributed by atoms with van der Waals surface area (Å²) in [4.78, 5) is 0. The van der Waals surface area contributed by atoms with Crippen LogP contribution in [-0.2, 0) is 6.42 Å². The third kappa shape index (κ3) is 3.19. The highest BCUT2D eigenvalue weighted by atomic mass is 79.9. The second-order valence-electron chi connectivity index (χ2n) is 4.73. The minimum atomic E-state index is -0.358. The van der Waals surface area contributed by atoms with Crippen molar-refractivity contribution in [1.82, 2.24) is 0 Å². The lowest BCUT2D eigenvalue weighted by Crippen LogP contribution is -2.15. The summed E-state index contributed by atoms with van der Waals surface area (Å²) in [6, 6.07) is 10.7. The van der Waals surface area contributed by atoms with Crippen LogP contribution in [0.25, 0.3) is 0 Å². The van der Waals surface area contributed by atoms with Gasteiger partial charge in [-0.3, -0.25) is 0 Å². The summed E-state index contributed by atoms with van der Waals surface area (Å²) in [5, 5.41) is 0. The highest BCUT2D eigenvalue weighted by molar-refractivity contribution is 9.10. The Kier molecular flexibility index (Phi) is 4.78. The van der Waals surface area contributed by atoms with Crippen molar-refractivity contribution in [3.8, 4) is 5.75 Å². The lowest BCUT2D eigenvalue weighted by Gasteiger charge is -2.16. The van der Waals surface area contributed by atoms with Crippen molar-refractivity contribution < 1.29 is 9.13 Å². The Morgan fingerprint density at radius 1 is 1.30 bits per heavy atom. The Bertz CT molecular complexity index is 615. The molecule has 0 aliphatic rings. The van der Waals surface area contributed by atoms with Gasteiger partial charge < -0.3 is 10.5 Å². The van der Waals surface area contributed by atoms with Crippen molar-refractivity contribution in [2.24, 2.45) is 5.73 Å². The van der Waals surface area contributed by atoms with Crippen molar-refractivity contribution in [2.45, 2.75) is 19.4 Å². The molecule has 1 unspecified atom stereocenters. The minimum Gasteiger partial charge on any atom is -0.494 e. The normalized spacial score (nSPS) is 12.2. The molecular formula is C16H17BrFNO. The van der Waals surface area contributed by atoms with Crippen LogP contribution in [-0.4, -0.2) is 7.11 Å². The van der Waals surface area contributed by atoms with Gasteiger partial charge in [-0.25, -0.2) is 4.39 Å². The molecule has 0 saturated heterocycles. The van der Waals surface area contributed by atoms with Crippen LogP contribution in [0.5, 0.6) is 5.75 Å². The van der Waals surface area contributed by atoms with E-state index < -0.39 is 0 Å². The van der Waals surface area contributed by atoms with Gasteiger partial charge in [0.25, 0.3) is 0 Å². The van der Waals surface area contributed by atoms with E-state index in [1.54, 1.807) is 6.07 Å². The van der Waals surface area contributed by atoms with E-state index in [1.807, 2.05) is 31.2 Å². The fourth-order valence-corrected chi connectivity index (χ4v) is 2.61. The molecule has 2 N–H and O–H groups in total. The van der Waals surface area contributed by atoms with Gasteiger partial charge in [-0.1, -0.05) is 34.1 Å². The first-order valence-corrected chi connectivity index (χ1v) is 7.15. The summed E-state index contributed by atoms with van der Waals surface area (Å²) >= 11 is 3.50. The quantitative estimate of drug-likeness (QED) is 0.909. The molecule has 106 valence electrons. The number of rotatable bonds is 4. The molecule has 2 rings (SSSR count). The molecule has 0 heterocycles. The van der Waals surface area contributed by atoms with Crippen LogP contribution in [0.2, 0.25) is 0 Å². The van der Waals surface area contributed by atoms with E-state index in [9.17, 15) is 4.39 Å². The molecule has 0 saturated carbocycles. The van der Waals surface area contributed by atoms with Gasteiger partial charge in [0.05, 0.1) is 7.11 Å². The molecule has 2 aromatic rings. The molecule has 20 heavy (non-hydrogen) atoms. The number of methoxy groups -OCH3 is 1. The van der Waals surface area contributed by atoms with Crippen LogP contribution in [0.4, 0.5) is 4.39 Å². The van der Waals surface area contributed by atoms with Crippen LogP contribution in [0.3, 0.4) is 0 Å². The highest BCUT2D eigenvalue weighted by Gasteiger charge is 2.12. The minimum absolute atomic E-state index is 0.166. The molecule has 0 bridgehead atoms.